The summed E-state index contributed by atoms with van der Waals surface area (Å²) in [5, 5.41) is 0. The Morgan fingerprint density at radius 3 is 2.56 bits per heavy atom. The summed E-state index contributed by atoms with van der Waals surface area (Å²) in [7, 11) is 1.83. The van der Waals surface area contributed by atoms with E-state index in [2.05, 4.69) is 41.8 Å². The molecule has 0 N–H and O–H groups in total. The number of rotatable bonds is 5. The molecule has 2 heterocycles. The number of anilines is 1. The molecule has 3 rings (SSSR count). The zero-order chi connectivity index (χ0) is 17.8. The third kappa shape index (κ3) is 4.23. The molecule has 5 nitrogen and oxygen atoms in total. The lowest BCUT2D eigenvalue weighted by Gasteiger charge is -2.37. The molecule has 25 heavy (non-hydrogen) atoms. The topological polar surface area (TPSA) is 39.9 Å². The van der Waals surface area contributed by atoms with E-state index in [1.54, 1.807) is 11.2 Å². The van der Waals surface area contributed by atoms with Crippen molar-refractivity contribution in [1.82, 2.24) is 9.80 Å². The van der Waals surface area contributed by atoms with Crippen molar-refractivity contribution in [3.63, 3.8) is 0 Å². The van der Waals surface area contributed by atoms with E-state index in [1.807, 2.05) is 19.2 Å². The molecule has 5 heteroatoms. The molecule has 0 radical (unpaired) electrons. The van der Waals surface area contributed by atoms with Crippen molar-refractivity contribution >= 4 is 11.6 Å². The van der Waals surface area contributed by atoms with Gasteiger partial charge in [-0.2, -0.15) is 0 Å². The number of hydrogen-bond acceptors (Lipinski definition) is 4. The minimum Gasteiger partial charge on any atom is -0.467 e. The summed E-state index contributed by atoms with van der Waals surface area (Å²) in [6.45, 7) is 9.07. The number of benzene rings is 1. The molecular formula is C20H27N3O2. The van der Waals surface area contributed by atoms with Crippen molar-refractivity contribution in [3.05, 3.63) is 53.5 Å². The number of hydrogen-bond donors (Lipinski definition) is 0. The molecule has 1 aliphatic rings. The van der Waals surface area contributed by atoms with Crippen molar-refractivity contribution in [1.29, 1.82) is 0 Å². The highest BCUT2D eigenvalue weighted by Crippen LogP contribution is 2.23. The number of amides is 1. The number of piperazine rings is 1. The molecule has 134 valence electrons. The maximum absolute atomic E-state index is 12.4. The van der Waals surface area contributed by atoms with Gasteiger partial charge in [0, 0.05) is 38.9 Å². The first-order valence-electron chi connectivity index (χ1n) is 8.84. The molecule has 1 saturated heterocycles. The number of carbonyl (C=O) groups excluding carboxylic acids is 1. The van der Waals surface area contributed by atoms with E-state index >= 15 is 0 Å². The quantitative estimate of drug-likeness (QED) is 0.838. The number of furan rings is 1. The minimum atomic E-state index is 0.136. The van der Waals surface area contributed by atoms with Gasteiger partial charge in [0.15, 0.2) is 0 Å². The predicted molar refractivity (Wildman–Crippen MR) is 99.8 cm³/mol. The Bertz CT molecular complexity index is 704. The number of likely N-dealkylation sites (N-methyl/N-ethyl adjacent to an activating group) is 1. The van der Waals surface area contributed by atoms with Gasteiger partial charge in [0.25, 0.3) is 0 Å². The van der Waals surface area contributed by atoms with E-state index in [0.717, 1.165) is 31.9 Å². The summed E-state index contributed by atoms with van der Waals surface area (Å²) >= 11 is 0. The summed E-state index contributed by atoms with van der Waals surface area (Å²) < 4.78 is 5.31. The molecule has 0 bridgehead atoms. The Balaban J connectivity index is 1.50. The second kappa shape index (κ2) is 7.74. The van der Waals surface area contributed by atoms with Crippen LogP contribution in [0.2, 0.25) is 0 Å². The van der Waals surface area contributed by atoms with Gasteiger partial charge in [-0.25, -0.2) is 0 Å². The fourth-order valence-electron chi connectivity index (χ4n) is 3.26. The monoisotopic (exact) mass is 341 g/mol. The summed E-state index contributed by atoms with van der Waals surface area (Å²) in [6.07, 6.45) is 1.64. The Labute approximate surface area is 149 Å². The predicted octanol–water partition coefficient (Wildman–Crippen LogP) is 2.68. The Morgan fingerprint density at radius 2 is 1.88 bits per heavy atom. The van der Waals surface area contributed by atoms with Crippen molar-refractivity contribution in [2.75, 3.05) is 44.7 Å². The summed E-state index contributed by atoms with van der Waals surface area (Å²) in [5.41, 5.74) is 4.00. The van der Waals surface area contributed by atoms with Gasteiger partial charge in [0.2, 0.25) is 5.91 Å². The molecule has 0 spiro atoms. The summed E-state index contributed by atoms with van der Waals surface area (Å²) in [4.78, 5) is 18.8. The average Bonchev–Trinajstić information content (AvgIpc) is 3.11. The molecule has 1 aromatic carbocycles. The number of aryl methyl sites for hydroxylation is 1. The highest BCUT2D eigenvalue weighted by molar-refractivity contribution is 5.78. The second-order valence-electron chi connectivity index (χ2n) is 6.81. The summed E-state index contributed by atoms with van der Waals surface area (Å²) in [5.74, 6) is 0.951. The second-order valence-corrected chi connectivity index (χ2v) is 6.81. The fraction of sp³-hybridized carbons (Fsp3) is 0.450. The SMILES string of the molecule is Cc1cccc(N2CCN(CC(=O)N(C)Cc3ccco3)CC2)c1C. The highest BCUT2D eigenvalue weighted by Gasteiger charge is 2.22. The zero-order valence-electron chi connectivity index (χ0n) is 15.4. The largest absolute Gasteiger partial charge is 0.467 e. The molecule has 1 aromatic heterocycles. The van der Waals surface area contributed by atoms with Crippen LogP contribution in [0.15, 0.2) is 41.0 Å². The normalized spacial score (nSPS) is 15.4. The molecule has 1 aliphatic heterocycles. The van der Waals surface area contributed by atoms with Gasteiger partial charge >= 0.3 is 0 Å². The molecule has 0 unspecified atom stereocenters. The molecule has 0 saturated carbocycles. The van der Waals surface area contributed by atoms with Gasteiger partial charge in [-0.1, -0.05) is 12.1 Å². The van der Waals surface area contributed by atoms with Crippen LogP contribution in [-0.4, -0.2) is 55.5 Å². The van der Waals surface area contributed by atoms with Gasteiger partial charge in [0.05, 0.1) is 19.4 Å². The van der Waals surface area contributed by atoms with E-state index in [9.17, 15) is 4.79 Å². The van der Waals surface area contributed by atoms with Gasteiger partial charge < -0.3 is 14.2 Å². The molecule has 0 atom stereocenters. The Kier molecular flexibility index (Phi) is 5.43. The highest BCUT2D eigenvalue weighted by atomic mass is 16.3. The molecule has 0 aliphatic carbocycles. The van der Waals surface area contributed by atoms with Crippen LogP contribution in [0.25, 0.3) is 0 Å². The van der Waals surface area contributed by atoms with Crippen LogP contribution < -0.4 is 4.90 Å². The summed E-state index contributed by atoms with van der Waals surface area (Å²) in [6, 6.07) is 10.2. The maximum atomic E-state index is 12.4. The maximum Gasteiger partial charge on any atom is 0.236 e. The molecule has 1 fully saturated rings. The Hall–Kier alpha value is -2.27. The standard InChI is InChI=1S/C20H27N3O2/c1-16-6-4-8-19(17(16)2)23-11-9-22(10-12-23)15-20(24)21(3)14-18-7-5-13-25-18/h4-8,13H,9-12,14-15H2,1-3H3. The lowest BCUT2D eigenvalue weighted by molar-refractivity contribution is -0.131. The van der Waals surface area contributed by atoms with E-state index < -0.39 is 0 Å². The third-order valence-corrected chi connectivity index (χ3v) is 5.05. The molecule has 2 aromatic rings. The van der Waals surface area contributed by atoms with Gasteiger partial charge in [-0.3, -0.25) is 9.69 Å². The first-order chi connectivity index (χ1) is 12.0. The third-order valence-electron chi connectivity index (χ3n) is 5.05. The van der Waals surface area contributed by atoms with Crippen LogP contribution in [0, 0.1) is 13.8 Å². The zero-order valence-corrected chi connectivity index (χ0v) is 15.4. The minimum absolute atomic E-state index is 0.136. The first kappa shape index (κ1) is 17.5. The van der Waals surface area contributed by atoms with Crippen LogP contribution in [0.4, 0.5) is 5.69 Å². The van der Waals surface area contributed by atoms with Crippen molar-refractivity contribution in [2.45, 2.75) is 20.4 Å². The van der Waals surface area contributed by atoms with Crippen molar-refractivity contribution < 1.29 is 9.21 Å². The number of carbonyl (C=O) groups is 1. The van der Waals surface area contributed by atoms with Gasteiger partial charge in [-0.05, 0) is 43.2 Å². The van der Waals surface area contributed by atoms with Crippen molar-refractivity contribution in [3.8, 4) is 0 Å². The van der Waals surface area contributed by atoms with Crippen LogP contribution in [0.1, 0.15) is 16.9 Å². The van der Waals surface area contributed by atoms with Crippen LogP contribution in [0.3, 0.4) is 0 Å². The van der Waals surface area contributed by atoms with E-state index in [0.29, 0.717) is 13.1 Å². The molecular weight excluding hydrogens is 314 g/mol. The van der Waals surface area contributed by atoms with Gasteiger partial charge in [0.1, 0.15) is 5.76 Å². The first-order valence-corrected chi connectivity index (χ1v) is 8.84. The van der Waals surface area contributed by atoms with E-state index in [1.165, 1.54) is 16.8 Å². The number of nitrogens with zero attached hydrogens (tertiary/aromatic N) is 3. The molecule has 1 amide bonds. The van der Waals surface area contributed by atoms with Crippen molar-refractivity contribution in [2.24, 2.45) is 0 Å². The fourth-order valence-corrected chi connectivity index (χ4v) is 3.26. The lowest BCUT2D eigenvalue weighted by atomic mass is 10.1. The average molecular weight is 341 g/mol. The van der Waals surface area contributed by atoms with Crippen LogP contribution in [-0.2, 0) is 11.3 Å². The van der Waals surface area contributed by atoms with Crippen LogP contribution >= 0.6 is 0 Å². The van der Waals surface area contributed by atoms with Gasteiger partial charge in [-0.15, -0.1) is 0 Å². The van der Waals surface area contributed by atoms with E-state index in [-0.39, 0.29) is 5.91 Å². The van der Waals surface area contributed by atoms with Crippen LogP contribution in [0.5, 0.6) is 0 Å². The smallest absolute Gasteiger partial charge is 0.236 e. The Morgan fingerprint density at radius 1 is 1.12 bits per heavy atom. The van der Waals surface area contributed by atoms with E-state index in [4.69, 9.17) is 4.42 Å². The lowest BCUT2D eigenvalue weighted by Crippen LogP contribution is -2.49.